The summed E-state index contributed by atoms with van der Waals surface area (Å²) < 4.78 is 44.9. The number of rotatable bonds is 7. The first kappa shape index (κ1) is 23.7. The van der Waals surface area contributed by atoms with Crippen molar-refractivity contribution in [2.45, 2.75) is 39.5 Å². The molecule has 0 saturated carbocycles. The maximum atomic E-state index is 13.7. The summed E-state index contributed by atoms with van der Waals surface area (Å²) >= 11 is 0. The second kappa shape index (κ2) is 10.5. The Morgan fingerprint density at radius 3 is 2.19 bits per heavy atom. The molecule has 3 amide bonds. The van der Waals surface area contributed by atoms with Crippen molar-refractivity contribution in [2.24, 2.45) is 0 Å². The first-order valence-corrected chi connectivity index (χ1v) is 9.37. The van der Waals surface area contributed by atoms with E-state index in [4.69, 9.17) is 4.74 Å². The molecule has 10 heteroatoms. The Hall–Kier alpha value is -3.56. The zero-order chi connectivity index (χ0) is 23.1. The maximum absolute atomic E-state index is 13.7. The molecular formula is C21H22F3N3O4. The van der Waals surface area contributed by atoms with Crippen LogP contribution in [-0.4, -0.2) is 30.1 Å². The van der Waals surface area contributed by atoms with Gasteiger partial charge in [0.15, 0.2) is 23.6 Å². The average molecular weight is 437 g/mol. The van der Waals surface area contributed by atoms with Crippen LogP contribution in [-0.2, 0) is 16.1 Å². The predicted molar refractivity (Wildman–Crippen MR) is 107 cm³/mol. The van der Waals surface area contributed by atoms with E-state index in [0.717, 1.165) is 11.6 Å². The molecule has 3 N–H and O–H groups in total. The smallest absolute Gasteiger partial charge is 0.338 e. The van der Waals surface area contributed by atoms with Crippen molar-refractivity contribution in [3.8, 4) is 0 Å². The van der Waals surface area contributed by atoms with Gasteiger partial charge in [-0.1, -0.05) is 12.1 Å². The van der Waals surface area contributed by atoms with E-state index >= 15 is 0 Å². The summed E-state index contributed by atoms with van der Waals surface area (Å²) in [6.45, 7) is 5.15. The number of urea groups is 1. The summed E-state index contributed by atoms with van der Waals surface area (Å²) in [4.78, 5) is 35.9. The van der Waals surface area contributed by atoms with Crippen molar-refractivity contribution in [1.82, 2.24) is 10.6 Å². The highest BCUT2D eigenvalue weighted by molar-refractivity contribution is 5.97. The van der Waals surface area contributed by atoms with Crippen molar-refractivity contribution in [2.75, 3.05) is 5.32 Å². The number of hydrogen-bond donors (Lipinski definition) is 3. The second-order valence-corrected chi connectivity index (χ2v) is 6.94. The zero-order valence-corrected chi connectivity index (χ0v) is 17.1. The van der Waals surface area contributed by atoms with E-state index in [1.807, 2.05) is 19.2 Å². The quantitative estimate of drug-likeness (QED) is 0.456. The van der Waals surface area contributed by atoms with Gasteiger partial charge in [-0.2, -0.15) is 0 Å². The highest BCUT2D eigenvalue weighted by atomic mass is 19.2. The summed E-state index contributed by atoms with van der Waals surface area (Å²) in [6, 6.07) is 7.31. The minimum atomic E-state index is -1.72. The average Bonchev–Trinajstić information content (AvgIpc) is 2.72. The van der Waals surface area contributed by atoms with Crippen LogP contribution in [0.1, 0.15) is 36.7 Å². The number of nitrogens with one attached hydrogen (secondary N) is 3. The van der Waals surface area contributed by atoms with Crippen molar-refractivity contribution < 1.29 is 32.3 Å². The van der Waals surface area contributed by atoms with Gasteiger partial charge < -0.3 is 20.7 Å². The van der Waals surface area contributed by atoms with Gasteiger partial charge in [0.25, 0.3) is 5.91 Å². The molecule has 0 aromatic heterocycles. The molecule has 0 saturated heterocycles. The van der Waals surface area contributed by atoms with Crippen LogP contribution in [0.2, 0.25) is 0 Å². The standard InChI is InChI=1S/C21H22F3N3O4/c1-11(2)26-21(30)25-10-13-4-6-14(7-5-13)20(29)31-12(3)19(28)27-16-9-8-15(22)17(23)18(16)24/h4-9,11-12H,10H2,1-3H3,(H,27,28)(H2,25,26,30). The maximum Gasteiger partial charge on any atom is 0.338 e. The van der Waals surface area contributed by atoms with Crippen LogP contribution in [0.4, 0.5) is 23.7 Å². The first-order chi connectivity index (χ1) is 14.6. The summed E-state index contributed by atoms with van der Waals surface area (Å²) in [6.07, 6.45) is -1.33. The molecule has 2 aromatic rings. The van der Waals surface area contributed by atoms with Crippen LogP contribution in [0.3, 0.4) is 0 Å². The lowest BCUT2D eigenvalue weighted by molar-refractivity contribution is -0.123. The summed E-state index contributed by atoms with van der Waals surface area (Å²) in [5.74, 6) is -6.41. The van der Waals surface area contributed by atoms with Gasteiger partial charge in [0.05, 0.1) is 11.3 Å². The van der Waals surface area contributed by atoms with Gasteiger partial charge in [-0.15, -0.1) is 0 Å². The number of carbonyl (C=O) groups is 3. The van der Waals surface area contributed by atoms with Gasteiger partial charge >= 0.3 is 12.0 Å². The molecule has 1 unspecified atom stereocenters. The molecule has 7 nitrogen and oxygen atoms in total. The Morgan fingerprint density at radius 2 is 1.58 bits per heavy atom. The van der Waals surface area contributed by atoms with Crippen molar-refractivity contribution in [3.05, 3.63) is 65.0 Å². The van der Waals surface area contributed by atoms with Crippen LogP contribution in [0.5, 0.6) is 0 Å². The number of anilines is 1. The van der Waals surface area contributed by atoms with Gasteiger partial charge in [-0.3, -0.25) is 4.79 Å². The molecule has 31 heavy (non-hydrogen) atoms. The third kappa shape index (κ3) is 6.73. The molecule has 0 radical (unpaired) electrons. The van der Waals surface area contributed by atoms with E-state index in [9.17, 15) is 27.6 Å². The van der Waals surface area contributed by atoms with E-state index in [-0.39, 0.29) is 24.2 Å². The monoisotopic (exact) mass is 437 g/mol. The van der Waals surface area contributed by atoms with Crippen LogP contribution >= 0.6 is 0 Å². The highest BCUT2D eigenvalue weighted by Gasteiger charge is 2.22. The molecule has 0 spiro atoms. The van der Waals surface area contributed by atoms with Crippen molar-refractivity contribution >= 4 is 23.6 Å². The Labute approximate surface area is 177 Å². The van der Waals surface area contributed by atoms with Crippen molar-refractivity contribution in [3.63, 3.8) is 0 Å². The Morgan fingerprint density at radius 1 is 0.935 bits per heavy atom. The molecule has 166 valence electrons. The third-order valence-corrected chi connectivity index (χ3v) is 4.01. The van der Waals surface area contributed by atoms with E-state index < -0.39 is 41.1 Å². The largest absolute Gasteiger partial charge is 0.449 e. The number of hydrogen-bond acceptors (Lipinski definition) is 4. The van der Waals surface area contributed by atoms with Crippen LogP contribution in [0.25, 0.3) is 0 Å². The van der Waals surface area contributed by atoms with E-state index in [2.05, 4.69) is 10.6 Å². The van der Waals surface area contributed by atoms with E-state index in [0.29, 0.717) is 6.07 Å². The predicted octanol–water partition coefficient (Wildman–Crippen LogP) is 3.50. The fraction of sp³-hybridized carbons (Fsp3) is 0.286. The lowest BCUT2D eigenvalue weighted by atomic mass is 10.1. The lowest BCUT2D eigenvalue weighted by Gasteiger charge is -2.14. The van der Waals surface area contributed by atoms with Gasteiger partial charge in [-0.25, -0.2) is 22.8 Å². The molecule has 0 heterocycles. The van der Waals surface area contributed by atoms with Crippen LogP contribution in [0, 0.1) is 17.5 Å². The van der Waals surface area contributed by atoms with Crippen LogP contribution in [0.15, 0.2) is 36.4 Å². The van der Waals surface area contributed by atoms with Crippen molar-refractivity contribution in [1.29, 1.82) is 0 Å². The fourth-order valence-corrected chi connectivity index (χ4v) is 2.39. The van der Waals surface area contributed by atoms with Gasteiger partial charge in [0, 0.05) is 12.6 Å². The van der Waals surface area contributed by atoms with Gasteiger partial charge in [0.1, 0.15) is 0 Å². The highest BCUT2D eigenvalue weighted by Crippen LogP contribution is 2.20. The SMILES string of the molecule is CC(C)NC(=O)NCc1ccc(C(=O)OC(C)C(=O)Nc2ccc(F)c(F)c2F)cc1. The molecule has 0 fully saturated rings. The minimum absolute atomic E-state index is 0.00471. The topological polar surface area (TPSA) is 96.5 Å². The number of ether oxygens (including phenoxy) is 1. The van der Waals surface area contributed by atoms with Gasteiger partial charge in [0.2, 0.25) is 0 Å². The molecule has 2 aromatic carbocycles. The summed E-state index contributed by atoms with van der Waals surface area (Å²) in [5.41, 5.74) is 0.300. The Bertz CT molecular complexity index is 965. The number of halogens is 3. The third-order valence-electron chi connectivity index (χ3n) is 4.01. The molecule has 0 aliphatic heterocycles. The number of carbonyl (C=O) groups excluding carboxylic acids is 3. The van der Waals surface area contributed by atoms with Gasteiger partial charge in [-0.05, 0) is 50.6 Å². The zero-order valence-electron chi connectivity index (χ0n) is 17.1. The van der Waals surface area contributed by atoms with E-state index in [1.165, 1.54) is 19.1 Å². The number of esters is 1. The molecular weight excluding hydrogens is 415 g/mol. The molecule has 2 rings (SSSR count). The lowest BCUT2D eigenvalue weighted by Crippen LogP contribution is -2.39. The Balaban J connectivity index is 1.91. The molecule has 0 aliphatic carbocycles. The normalized spacial score (nSPS) is 11.6. The second-order valence-electron chi connectivity index (χ2n) is 6.94. The first-order valence-electron chi connectivity index (χ1n) is 9.37. The Kier molecular flexibility index (Phi) is 8.00. The number of amides is 3. The summed E-state index contributed by atoms with van der Waals surface area (Å²) in [5, 5.41) is 7.38. The molecule has 0 aliphatic rings. The number of benzene rings is 2. The summed E-state index contributed by atoms with van der Waals surface area (Å²) in [7, 11) is 0. The molecule has 0 bridgehead atoms. The van der Waals surface area contributed by atoms with Crippen LogP contribution < -0.4 is 16.0 Å². The molecule has 1 atom stereocenters. The minimum Gasteiger partial charge on any atom is -0.449 e. The van der Waals surface area contributed by atoms with E-state index in [1.54, 1.807) is 12.1 Å². The fourth-order valence-electron chi connectivity index (χ4n) is 2.39.